The van der Waals surface area contributed by atoms with E-state index in [1.807, 2.05) is 13.8 Å². The third-order valence-electron chi connectivity index (χ3n) is 6.58. The summed E-state index contributed by atoms with van der Waals surface area (Å²) in [5, 5.41) is 8.32. The third kappa shape index (κ3) is 5.16. The molecule has 1 fully saturated rings. The number of hydrogen-bond donors (Lipinski definition) is 1. The van der Waals surface area contributed by atoms with Gasteiger partial charge in [0.05, 0.1) is 10.9 Å². The van der Waals surface area contributed by atoms with Crippen molar-refractivity contribution >= 4 is 28.4 Å². The predicted molar refractivity (Wildman–Crippen MR) is 136 cm³/mol. The Morgan fingerprint density at radius 2 is 1.97 bits per heavy atom. The number of pyridine rings is 1. The van der Waals surface area contributed by atoms with Gasteiger partial charge in [0.2, 0.25) is 11.7 Å². The van der Waals surface area contributed by atoms with Crippen LogP contribution in [0.15, 0.2) is 18.3 Å². The molecule has 3 aromatic heterocycles. The van der Waals surface area contributed by atoms with E-state index >= 15 is 0 Å². The van der Waals surface area contributed by atoms with Gasteiger partial charge in [-0.05, 0) is 25.4 Å². The largest absolute Gasteiger partial charge is 0.353 e. The van der Waals surface area contributed by atoms with Gasteiger partial charge in [0.25, 0.3) is 0 Å². The van der Waals surface area contributed by atoms with Gasteiger partial charge in [-0.25, -0.2) is 19.6 Å². The van der Waals surface area contributed by atoms with E-state index in [2.05, 4.69) is 43.9 Å². The first-order valence-electron chi connectivity index (χ1n) is 12.4. The normalized spacial score (nSPS) is 16.5. The van der Waals surface area contributed by atoms with Crippen molar-refractivity contribution in [1.82, 2.24) is 29.6 Å². The standard InChI is InChI=1S/C25H34F2N8O/c1-7-33(8-2)17-9-10-34(14-17)23-18-13-28-21(29-16(5)36)12-20(18)35(32-23)22-11-19(15(3)4)30-24(31-22)25(6,26)27/h11-13,15,17H,7-10,14H2,1-6H3,(H,28,29,36). The fraction of sp³-hybridized carbons (Fsp3) is 0.560. The van der Waals surface area contributed by atoms with Crippen molar-refractivity contribution in [2.24, 2.45) is 0 Å². The lowest BCUT2D eigenvalue weighted by molar-refractivity contribution is -0.114. The highest BCUT2D eigenvalue weighted by Gasteiger charge is 2.32. The molecule has 4 heterocycles. The quantitative estimate of drug-likeness (QED) is 0.492. The van der Waals surface area contributed by atoms with E-state index in [1.165, 1.54) is 6.92 Å². The molecular weight excluding hydrogens is 466 g/mol. The van der Waals surface area contributed by atoms with Crippen molar-refractivity contribution in [3.05, 3.63) is 29.8 Å². The zero-order chi connectivity index (χ0) is 26.2. The molecule has 9 nitrogen and oxygen atoms in total. The highest BCUT2D eigenvalue weighted by Crippen LogP contribution is 2.33. The predicted octanol–water partition coefficient (Wildman–Crippen LogP) is 4.32. The molecule has 1 N–H and O–H groups in total. The first-order valence-corrected chi connectivity index (χ1v) is 12.4. The van der Waals surface area contributed by atoms with Crippen LogP contribution in [0.2, 0.25) is 0 Å². The van der Waals surface area contributed by atoms with Gasteiger partial charge in [0, 0.05) is 57.0 Å². The number of fused-ring (bicyclic) bond motifs is 1. The Kier molecular flexibility index (Phi) is 7.21. The zero-order valence-electron chi connectivity index (χ0n) is 21.7. The number of amides is 1. The summed E-state index contributed by atoms with van der Waals surface area (Å²) in [6.07, 6.45) is 2.68. The molecule has 3 aromatic rings. The number of rotatable bonds is 8. The topological polar surface area (TPSA) is 92.1 Å². The fourth-order valence-electron chi connectivity index (χ4n) is 4.68. The Labute approximate surface area is 209 Å². The SMILES string of the molecule is CCN(CC)C1CCN(c2nn(-c3cc(C(C)C)nc(C(C)(F)F)n3)c3cc(NC(C)=O)ncc23)C1. The maximum Gasteiger partial charge on any atom is 0.303 e. The molecule has 4 rings (SSSR count). The molecule has 194 valence electrons. The average molecular weight is 501 g/mol. The van der Waals surface area contributed by atoms with E-state index in [-0.39, 0.29) is 17.6 Å². The number of nitrogens with one attached hydrogen (secondary N) is 1. The zero-order valence-corrected chi connectivity index (χ0v) is 21.7. The summed E-state index contributed by atoms with van der Waals surface area (Å²) in [6.45, 7) is 13.9. The average Bonchev–Trinajstić information content (AvgIpc) is 3.43. The van der Waals surface area contributed by atoms with Crippen LogP contribution in [0.1, 0.15) is 65.4 Å². The summed E-state index contributed by atoms with van der Waals surface area (Å²) in [5.74, 6) is -2.78. The summed E-state index contributed by atoms with van der Waals surface area (Å²) in [7, 11) is 0. The van der Waals surface area contributed by atoms with E-state index < -0.39 is 11.7 Å². The number of carbonyl (C=O) groups excluding carboxylic acids is 1. The van der Waals surface area contributed by atoms with Gasteiger partial charge in [-0.3, -0.25) is 9.69 Å². The molecule has 1 atom stereocenters. The number of alkyl halides is 2. The van der Waals surface area contributed by atoms with Crippen LogP contribution in [0.5, 0.6) is 0 Å². The number of likely N-dealkylation sites (N-methyl/N-ethyl adjacent to an activating group) is 1. The van der Waals surface area contributed by atoms with Crippen LogP contribution in [0, 0.1) is 0 Å². The first-order chi connectivity index (χ1) is 17.0. The molecule has 1 aliphatic heterocycles. The fourth-order valence-corrected chi connectivity index (χ4v) is 4.68. The lowest BCUT2D eigenvalue weighted by atomic mass is 10.1. The summed E-state index contributed by atoms with van der Waals surface area (Å²) in [6, 6.07) is 3.80. The van der Waals surface area contributed by atoms with Crippen LogP contribution < -0.4 is 10.2 Å². The van der Waals surface area contributed by atoms with Gasteiger partial charge in [-0.15, -0.1) is 5.10 Å². The Bertz CT molecular complexity index is 1250. The van der Waals surface area contributed by atoms with E-state index in [4.69, 9.17) is 5.10 Å². The molecule has 36 heavy (non-hydrogen) atoms. The molecule has 0 radical (unpaired) electrons. The summed E-state index contributed by atoms with van der Waals surface area (Å²) >= 11 is 0. The van der Waals surface area contributed by atoms with Crippen molar-refractivity contribution in [1.29, 1.82) is 0 Å². The molecule has 0 saturated carbocycles. The number of nitrogens with zero attached hydrogens (tertiary/aromatic N) is 7. The minimum Gasteiger partial charge on any atom is -0.353 e. The molecule has 0 aliphatic carbocycles. The lowest BCUT2D eigenvalue weighted by Gasteiger charge is -2.26. The minimum atomic E-state index is -3.21. The van der Waals surface area contributed by atoms with Crippen LogP contribution in [0.4, 0.5) is 20.4 Å². The Hall–Kier alpha value is -3.21. The summed E-state index contributed by atoms with van der Waals surface area (Å²) < 4.78 is 30.2. The smallest absolute Gasteiger partial charge is 0.303 e. The van der Waals surface area contributed by atoms with Gasteiger partial charge < -0.3 is 10.2 Å². The maximum absolute atomic E-state index is 14.3. The van der Waals surface area contributed by atoms with E-state index in [0.717, 1.165) is 50.7 Å². The van der Waals surface area contributed by atoms with Crippen molar-refractivity contribution in [2.45, 2.75) is 65.8 Å². The van der Waals surface area contributed by atoms with E-state index in [1.54, 1.807) is 23.0 Å². The highest BCUT2D eigenvalue weighted by molar-refractivity contribution is 5.95. The monoisotopic (exact) mass is 500 g/mol. The van der Waals surface area contributed by atoms with Gasteiger partial charge in [-0.2, -0.15) is 8.78 Å². The van der Waals surface area contributed by atoms with Crippen molar-refractivity contribution in [2.75, 3.05) is 36.4 Å². The summed E-state index contributed by atoms with van der Waals surface area (Å²) in [4.78, 5) is 29.0. The van der Waals surface area contributed by atoms with Gasteiger partial charge in [0.1, 0.15) is 5.82 Å². The number of hydrogen-bond acceptors (Lipinski definition) is 7. The number of halogens is 2. The van der Waals surface area contributed by atoms with E-state index in [9.17, 15) is 13.6 Å². The van der Waals surface area contributed by atoms with Crippen molar-refractivity contribution in [3.63, 3.8) is 0 Å². The molecule has 1 saturated heterocycles. The molecule has 0 spiro atoms. The van der Waals surface area contributed by atoms with Gasteiger partial charge in [0.15, 0.2) is 11.6 Å². The first kappa shape index (κ1) is 25.9. The molecule has 11 heteroatoms. The number of aromatic nitrogens is 5. The molecule has 1 aliphatic rings. The highest BCUT2D eigenvalue weighted by atomic mass is 19.3. The van der Waals surface area contributed by atoms with Crippen molar-refractivity contribution in [3.8, 4) is 5.82 Å². The molecular formula is C25H34F2N8O. The van der Waals surface area contributed by atoms with Gasteiger partial charge in [-0.1, -0.05) is 27.7 Å². The number of carbonyl (C=O) groups is 1. The van der Waals surface area contributed by atoms with E-state index in [0.29, 0.717) is 23.1 Å². The minimum absolute atomic E-state index is 0.0841. The Morgan fingerprint density at radius 1 is 1.25 bits per heavy atom. The molecule has 1 amide bonds. The van der Waals surface area contributed by atoms with Crippen LogP contribution in [-0.4, -0.2) is 67.8 Å². The number of anilines is 2. The molecule has 0 bridgehead atoms. The van der Waals surface area contributed by atoms with Crippen LogP contribution in [0.3, 0.4) is 0 Å². The van der Waals surface area contributed by atoms with Crippen molar-refractivity contribution < 1.29 is 13.6 Å². The second kappa shape index (κ2) is 10.0. The van der Waals surface area contributed by atoms with Crippen LogP contribution >= 0.6 is 0 Å². The van der Waals surface area contributed by atoms with Crippen LogP contribution in [0.25, 0.3) is 16.7 Å². The second-order valence-corrected chi connectivity index (χ2v) is 9.63. The second-order valence-electron chi connectivity index (χ2n) is 9.63. The maximum atomic E-state index is 14.3. The Balaban J connectivity index is 1.87. The van der Waals surface area contributed by atoms with Crippen LogP contribution in [-0.2, 0) is 10.7 Å². The molecule has 1 unspecified atom stereocenters. The van der Waals surface area contributed by atoms with Gasteiger partial charge >= 0.3 is 5.92 Å². The lowest BCUT2D eigenvalue weighted by Crippen LogP contribution is -2.37. The Morgan fingerprint density at radius 3 is 2.58 bits per heavy atom. The third-order valence-corrected chi connectivity index (χ3v) is 6.58. The summed E-state index contributed by atoms with van der Waals surface area (Å²) in [5.41, 5.74) is 1.12. The molecule has 0 aromatic carbocycles.